The number of hydrogen-bond donors (Lipinski definition) is 0. The average molecular weight is 262 g/mol. The average Bonchev–Trinajstić information content (AvgIpc) is 2.16. The Bertz CT molecular complexity index is 285. The van der Waals surface area contributed by atoms with Crippen LogP contribution in [0.5, 0.6) is 0 Å². The first-order valence-electron chi connectivity index (χ1n) is 6.33. The van der Waals surface area contributed by atoms with Crippen LogP contribution >= 0.6 is 0 Å². The van der Waals surface area contributed by atoms with E-state index in [0.717, 1.165) is 0 Å². The topological polar surface area (TPSA) is 34.1 Å². The van der Waals surface area contributed by atoms with E-state index >= 15 is 0 Å². The van der Waals surface area contributed by atoms with Gasteiger partial charge in [-0.15, -0.1) is 0 Å². The highest BCUT2D eigenvalue weighted by molar-refractivity contribution is 8.01. The van der Waals surface area contributed by atoms with Crippen molar-refractivity contribution in [3.05, 3.63) is 0 Å². The van der Waals surface area contributed by atoms with E-state index in [9.17, 15) is 9.00 Å². The molecular formula is C14H30O2S. The molecule has 0 heterocycles. The van der Waals surface area contributed by atoms with Crippen LogP contribution in [0, 0.1) is 11.8 Å². The monoisotopic (exact) mass is 262 g/mol. The SMILES string of the molecule is C=S(=O)(C(C)C)C(C)C.CC(C)C(=O)C(C)C. The fraction of sp³-hybridized carbons (Fsp3) is 0.857. The summed E-state index contributed by atoms with van der Waals surface area (Å²) in [6.45, 7) is 15.5. The fourth-order valence-corrected chi connectivity index (χ4v) is 2.30. The van der Waals surface area contributed by atoms with Gasteiger partial charge in [-0.3, -0.25) is 9.00 Å². The van der Waals surface area contributed by atoms with E-state index in [0.29, 0.717) is 5.78 Å². The highest BCUT2D eigenvalue weighted by Gasteiger charge is 2.12. The lowest BCUT2D eigenvalue weighted by Gasteiger charge is -2.16. The summed E-state index contributed by atoms with van der Waals surface area (Å²) in [6, 6.07) is 0. The maximum Gasteiger partial charge on any atom is 0.137 e. The van der Waals surface area contributed by atoms with E-state index < -0.39 is 9.52 Å². The van der Waals surface area contributed by atoms with Crippen molar-refractivity contribution in [3.63, 3.8) is 0 Å². The summed E-state index contributed by atoms with van der Waals surface area (Å²) in [5, 5.41) is 0.412. The first-order chi connectivity index (χ1) is 7.44. The summed E-state index contributed by atoms with van der Waals surface area (Å²) in [7, 11) is -1.81. The zero-order valence-corrected chi connectivity index (χ0v) is 13.6. The third-order valence-corrected chi connectivity index (χ3v) is 5.93. The molecule has 0 bridgehead atoms. The van der Waals surface area contributed by atoms with Crippen molar-refractivity contribution >= 4 is 21.2 Å². The summed E-state index contributed by atoms with van der Waals surface area (Å²) >= 11 is 0. The number of ketones is 1. The number of carbonyl (C=O) groups excluding carboxylic acids is 1. The van der Waals surface area contributed by atoms with Crippen molar-refractivity contribution in [2.75, 3.05) is 0 Å². The highest BCUT2D eigenvalue weighted by Crippen LogP contribution is 2.07. The molecule has 0 radical (unpaired) electrons. The largest absolute Gasteiger partial charge is 0.299 e. The molecule has 0 spiro atoms. The van der Waals surface area contributed by atoms with E-state index in [1.165, 1.54) is 0 Å². The lowest BCUT2D eigenvalue weighted by Crippen LogP contribution is -2.22. The van der Waals surface area contributed by atoms with Crippen LogP contribution in [0.3, 0.4) is 0 Å². The molecule has 17 heavy (non-hydrogen) atoms. The molecule has 2 nitrogen and oxygen atoms in total. The molecule has 0 aromatic carbocycles. The molecule has 0 unspecified atom stereocenters. The zero-order chi connectivity index (χ0) is 14.4. The minimum Gasteiger partial charge on any atom is -0.299 e. The number of carbonyl (C=O) groups is 1. The minimum absolute atomic E-state index is 0.204. The Morgan fingerprint density at radius 1 is 0.824 bits per heavy atom. The summed E-state index contributed by atoms with van der Waals surface area (Å²) in [5.41, 5.74) is 0. The minimum atomic E-state index is -1.81. The smallest absolute Gasteiger partial charge is 0.137 e. The van der Waals surface area contributed by atoms with Crippen molar-refractivity contribution in [1.82, 2.24) is 0 Å². The molecule has 104 valence electrons. The standard InChI is InChI=1S/C7H16OS.C7H14O/c1-6(2)9(5,8)7(3)4;1-5(2)7(8)6(3)4/h6-7H,5H2,1-4H3;5-6H,1-4H3. The number of rotatable bonds is 4. The van der Waals surface area contributed by atoms with Crippen molar-refractivity contribution in [2.24, 2.45) is 11.8 Å². The lowest BCUT2D eigenvalue weighted by atomic mass is 9.99. The van der Waals surface area contributed by atoms with Crippen LogP contribution in [-0.2, 0) is 14.3 Å². The quantitative estimate of drug-likeness (QED) is 0.728. The molecule has 0 aliphatic heterocycles. The molecule has 0 atom stereocenters. The van der Waals surface area contributed by atoms with Crippen molar-refractivity contribution in [1.29, 1.82) is 0 Å². The van der Waals surface area contributed by atoms with Crippen LogP contribution in [0.15, 0.2) is 0 Å². The predicted octanol–water partition coefficient (Wildman–Crippen LogP) is 3.39. The van der Waals surface area contributed by atoms with E-state index in [4.69, 9.17) is 0 Å². The van der Waals surface area contributed by atoms with E-state index in [1.807, 2.05) is 55.4 Å². The molecule has 0 fully saturated rings. The normalized spacial score (nSPS) is 12.0. The summed E-state index contributed by atoms with van der Waals surface area (Å²) < 4.78 is 11.5. The zero-order valence-electron chi connectivity index (χ0n) is 12.7. The van der Waals surface area contributed by atoms with E-state index in [-0.39, 0.29) is 22.3 Å². The van der Waals surface area contributed by atoms with Gasteiger partial charge in [0, 0.05) is 22.3 Å². The van der Waals surface area contributed by atoms with Gasteiger partial charge >= 0.3 is 0 Å². The second-order valence-electron chi connectivity index (χ2n) is 5.59. The second kappa shape index (κ2) is 7.91. The van der Waals surface area contributed by atoms with Gasteiger partial charge in [0.25, 0.3) is 0 Å². The molecule has 3 heteroatoms. The molecule has 0 amide bonds. The Balaban J connectivity index is 0. The van der Waals surface area contributed by atoms with Crippen LogP contribution in [-0.4, -0.2) is 26.4 Å². The molecule has 0 N–H and O–H groups in total. The van der Waals surface area contributed by atoms with Gasteiger partial charge in [-0.05, 0) is 15.4 Å². The Morgan fingerprint density at radius 2 is 1.06 bits per heavy atom. The van der Waals surface area contributed by atoms with Gasteiger partial charge in [-0.25, -0.2) is 0 Å². The molecule has 0 aromatic rings. The van der Waals surface area contributed by atoms with Gasteiger partial charge in [-0.2, -0.15) is 0 Å². The summed E-state index contributed by atoms with van der Waals surface area (Å²) in [6.07, 6.45) is 0. The molecule has 0 aliphatic rings. The third-order valence-electron chi connectivity index (χ3n) is 2.73. The molecular weight excluding hydrogens is 232 g/mol. The van der Waals surface area contributed by atoms with Gasteiger partial charge in [0.1, 0.15) is 5.78 Å². The van der Waals surface area contributed by atoms with Crippen LogP contribution in [0.4, 0.5) is 0 Å². The Morgan fingerprint density at radius 3 is 1.06 bits per heavy atom. The molecule has 0 rings (SSSR count). The maximum atomic E-state index is 11.5. The first-order valence-corrected chi connectivity index (χ1v) is 8.18. The Labute approximate surface area is 108 Å². The Kier molecular flexibility index (Phi) is 8.86. The highest BCUT2D eigenvalue weighted by atomic mass is 32.2. The van der Waals surface area contributed by atoms with Crippen LogP contribution < -0.4 is 0 Å². The summed E-state index contributed by atoms with van der Waals surface area (Å²) in [5.74, 6) is 4.46. The molecule has 0 aliphatic carbocycles. The van der Waals surface area contributed by atoms with Gasteiger partial charge in [0.05, 0.1) is 0 Å². The molecule has 0 saturated heterocycles. The second-order valence-corrected chi connectivity index (χ2v) is 9.03. The predicted molar refractivity (Wildman–Crippen MR) is 80.2 cm³/mol. The number of Topliss-reactive ketones (excluding diaryl/α,β-unsaturated/α-hetero) is 1. The van der Waals surface area contributed by atoms with Crippen molar-refractivity contribution in [3.8, 4) is 0 Å². The molecule has 0 aromatic heterocycles. The lowest BCUT2D eigenvalue weighted by molar-refractivity contribution is -0.124. The van der Waals surface area contributed by atoms with Gasteiger partial charge < -0.3 is 0 Å². The van der Waals surface area contributed by atoms with Crippen LogP contribution in [0.2, 0.25) is 0 Å². The van der Waals surface area contributed by atoms with Gasteiger partial charge in [0.2, 0.25) is 0 Å². The van der Waals surface area contributed by atoms with E-state index in [2.05, 4.69) is 5.87 Å². The van der Waals surface area contributed by atoms with Gasteiger partial charge in [0.15, 0.2) is 0 Å². The van der Waals surface area contributed by atoms with E-state index in [1.54, 1.807) is 0 Å². The number of hydrogen-bond acceptors (Lipinski definition) is 2. The van der Waals surface area contributed by atoms with Crippen molar-refractivity contribution in [2.45, 2.75) is 65.9 Å². The maximum absolute atomic E-state index is 11.5. The summed E-state index contributed by atoms with van der Waals surface area (Å²) in [4.78, 5) is 10.8. The Hall–Kier alpha value is -0.310. The van der Waals surface area contributed by atoms with Crippen molar-refractivity contribution < 1.29 is 9.00 Å². The third kappa shape index (κ3) is 7.58. The molecule has 0 saturated carbocycles. The van der Waals surface area contributed by atoms with Crippen LogP contribution in [0.25, 0.3) is 0 Å². The van der Waals surface area contributed by atoms with Gasteiger partial charge in [-0.1, -0.05) is 55.4 Å². The fourth-order valence-electron chi connectivity index (χ4n) is 1.21. The first kappa shape index (κ1) is 19.0. The van der Waals surface area contributed by atoms with Crippen LogP contribution in [0.1, 0.15) is 55.4 Å².